The van der Waals surface area contributed by atoms with Gasteiger partial charge in [0.25, 0.3) is 0 Å². The van der Waals surface area contributed by atoms with Gasteiger partial charge in [0.05, 0.1) is 0 Å². The number of aromatic nitrogens is 2. The highest BCUT2D eigenvalue weighted by molar-refractivity contribution is 5.82. The molecule has 1 spiro atoms. The predicted molar refractivity (Wildman–Crippen MR) is 119 cm³/mol. The number of ketones is 1. The van der Waals surface area contributed by atoms with E-state index in [9.17, 15) is 4.79 Å². The molecule has 162 valence electrons. The molecule has 0 bridgehead atoms. The van der Waals surface area contributed by atoms with E-state index in [4.69, 9.17) is 0 Å². The van der Waals surface area contributed by atoms with Crippen LogP contribution in [-0.2, 0) is 4.79 Å². The van der Waals surface area contributed by atoms with E-state index in [-0.39, 0.29) is 5.92 Å². The molecule has 3 aliphatic rings. The molecule has 29 heavy (non-hydrogen) atoms. The Balaban J connectivity index is 0.000000166. The largest absolute Gasteiger partial charge is 0.317 e. The first-order valence-electron chi connectivity index (χ1n) is 12.0. The van der Waals surface area contributed by atoms with Gasteiger partial charge in [-0.2, -0.15) is 0 Å². The molecule has 1 aliphatic heterocycles. The normalized spacial score (nSPS) is 22.3. The summed E-state index contributed by atoms with van der Waals surface area (Å²) in [5.74, 6) is 3.20. The summed E-state index contributed by atoms with van der Waals surface area (Å²) in [5.41, 5.74) is 2.01. The first-order chi connectivity index (χ1) is 13.9. The molecule has 1 N–H and O–H groups in total. The minimum Gasteiger partial charge on any atom is -0.317 e. The minimum absolute atomic E-state index is 0.246. The average Bonchev–Trinajstić information content (AvgIpc) is 2.73. The van der Waals surface area contributed by atoms with Crippen LogP contribution in [-0.4, -0.2) is 28.8 Å². The fourth-order valence-electron chi connectivity index (χ4n) is 5.18. The average molecular weight is 400 g/mol. The molecule has 0 aromatic carbocycles. The Hall–Kier alpha value is -1.29. The van der Waals surface area contributed by atoms with Crippen LogP contribution >= 0.6 is 0 Å². The fraction of sp³-hybridized carbons (Fsp3) is 0.800. The number of carbonyl (C=O) groups is 1. The van der Waals surface area contributed by atoms with E-state index in [0.717, 1.165) is 18.9 Å². The van der Waals surface area contributed by atoms with Crippen molar-refractivity contribution in [1.82, 2.24) is 15.3 Å². The Morgan fingerprint density at radius 1 is 0.966 bits per heavy atom. The van der Waals surface area contributed by atoms with E-state index in [1.165, 1.54) is 63.4 Å². The summed E-state index contributed by atoms with van der Waals surface area (Å²) >= 11 is 0. The molecule has 0 unspecified atom stereocenters. The van der Waals surface area contributed by atoms with Gasteiger partial charge in [-0.15, -0.1) is 0 Å². The topological polar surface area (TPSA) is 54.9 Å². The van der Waals surface area contributed by atoms with Gasteiger partial charge in [0, 0.05) is 30.1 Å². The lowest BCUT2D eigenvalue weighted by Crippen LogP contribution is -2.36. The van der Waals surface area contributed by atoms with Crippen molar-refractivity contribution in [2.75, 3.05) is 13.1 Å². The predicted octanol–water partition coefficient (Wildman–Crippen LogP) is 5.64. The number of piperidine rings is 1. The summed E-state index contributed by atoms with van der Waals surface area (Å²) in [5, 5.41) is 3.37. The maximum Gasteiger partial charge on any atom is 0.138 e. The molecular formula is C25H41N3O. The molecule has 0 amide bonds. The maximum absolute atomic E-state index is 11.8. The van der Waals surface area contributed by atoms with Gasteiger partial charge in [-0.25, -0.2) is 9.97 Å². The lowest BCUT2D eigenvalue weighted by molar-refractivity contribution is -0.128. The van der Waals surface area contributed by atoms with Crippen LogP contribution in [0.2, 0.25) is 0 Å². The van der Waals surface area contributed by atoms with E-state index in [1.54, 1.807) is 0 Å². The van der Waals surface area contributed by atoms with Crippen LogP contribution in [0.5, 0.6) is 0 Å². The van der Waals surface area contributed by atoms with Crippen LogP contribution < -0.4 is 5.32 Å². The number of Topliss-reactive ketones (excluding diaryl/α,β-unsaturated/α-hetero) is 1. The van der Waals surface area contributed by atoms with Gasteiger partial charge in [0.2, 0.25) is 0 Å². The second-order valence-electron chi connectivity index (χ2n) is 10.2. The Kier molecular flexibility index (Phi) is 7.84. The molecule has 2 heterocycles. The lowest BCUT2D eigenvalue weighted by Gasteiger charge is -2.47. The molecule has 4 rings (SSSR count). The van der Waals surface area contributed by atoms with Gasteiger partial charge < -0.3 is 5.32 Å². The van der Waals surface area contributed by atoms with E-state index in [1.807, 2.05) is 26.2 Å². The second-order valence-corrected chi connectivity index (χ2v) is 10.2. The summed E-state index contributed by atoms with van der Waals surface area (Å²) in [7, 11) is 0. The van der Waals surface area contributed by atoms with Gasteiger partial charge in [0.15, 0.2) is 0 Å². The van der Waals surface area contributed by atoms with Gasteiger partial charge >= 0.3 is 0 Å². The van der Waals surface area contributed by atoms with E-state index < -0.39 is 0 Å². The monoisotopic (exact) mass is 399 g/mol. The molecule has 1 aromatic rings. The Bertz CT molecular complexity index is 633. The Morgan fingerprint density at radius 2 is 1.55 bits per heavy atom. The third-order valence-electron chi connectivity index (χ3n) is 7.45. The summed E-state index contributed by atoms with van der Waals surface area (Å²) in [6.45, 7) is 10.6. The minimum atomic E-state index is 0.246. The summed E-state index contributed by atoms with van der Waals surface area (Å²) in [4.78, 5) is 20.7. The van der Waals surface area contributed by atoms with Gasteiger partial charge in [0.1, 0.15) is 11.6 Å². The molecule has 4 heteroatoms. The Labute approximate surface area is 177 Å². The molecule has 2 saturated carbocycles. The zero-order valence-corrected chi connectivity index (χ0v) is 19.0. The SMILES string of the molecule is CC(C)C(=O)C1CCC2(CCC2)CC1.CC(C)c1ncc(C2CCNCC2)cn1. The van der Waals surface area contributed by atoms with E-state index in [2.05, 4.69) is 29.1 Å². The fourth-order valence-corrected chi connectivity index (χ4v) is 5.18. The van der Waals surface area contributed by atoms with Crippen molar-refractivity contribution in [1.29, 1.82) is 0 Å². The van der Waals surface area contributed by atoms with Gasteiger partial charge in [-0.05, 0) is 81.4 Å². The van der Waals surface area contributed by atoms with Gasteiger partial charge in [-0.3, -0.25) is 4.79 Å². The molecule has 1 aromatic heterocycles. The number of nitrogens with zero attached hydrogens (tertiary/aromatic N) is 2. The number of rotatable bonds is 4. The zero-order valence-electron chi connectivity index (χ0n) is 19.0. The number of hydrogen-bond acceptors (Lipinski definition) is 4. The summed E-state index contributed by atoms with van der Waals surface area (Å²) in [6.07, 6.45) is 15.8. The molecule has 2 aliphatic carbocycles. The standard InChI is InChI=1S/C13H22O.C12H19N3/c1-10(2)12(14)11-4-8-13(9-5-11)6-3-7-13;1-9(2)12-14-7-11(8-15-12)10-3-5-13-6-4-10/h10-11H,3-9H2,1-2H3;7-10,13H,3-6H2,1-2H3. The summed E-state index contributed by atoms with van der Waals surface area (Å²) < 4.78 is 0. The lowest BCUT2D eigenvalue weighted by atomic mass is 9.58. The van der Waals surface area contributed by atoms with Crippen LogP contribution in [0, 0.1) is 17.3 Å². The maximum atomic E-state index is 11.8. The van der Waals surface area contributed by atoms with Crippen molar-refractivity contribution in [2.45, 2.75) is 97.3 Å². The van der Waals surface area contributed by atoms with Crippen molar-refractivity contribution in [3.63, 3.8) is 0 Å². The third-order valence-corrected chi connectivity index (χ3v) is 7.45. The smallest absolute Gasteiger partial charge is 0.138 e. The number of nitrogens with one attached hydrogen (secondary N) is 1. The van der Waals surface area contributed by atoms with Crippen LogP contribution in [0.15, 0.2) is 12.4 Å². The molecule has 0 atom stereocenters. The van der Waals surface area contributed by atoms with E-state index in [0.29, 0.717) is 29.0 Å². The zero-order chi connectivity index (χ0) is 20.9. The first-order valence-corrected chi connectivity index (χ1v) is 12.0. The number of carbonyl (C=O) groups excluding carboxylic acids is 1. The van der Waals surface area contributed by atoms with Gasteiger partial charge in [-0.1, -0.05) is 34.1 Å². The number of hydrogen-bond donors (Lipinski definition) is 1. The van der Waals surface area contributed by atoms with Crippen molar-refractivity contribution in [2.24, 2.45) is 17.3 Å². The van der Waals surface area contributed by atoms with Crippen molar-refractivity contribution in [3.05, 3.63) is 23.8 Å². The highest BCUT2D eigenvalue weighted by atomic mass is 16.1. The molecule has 3 fully saturated rings. The highest BCUT2D eigenvalue weighted by Gasteiger charge is 2.41. The van der Waals surface area contributed by atoms with Crippen molar-refractivity contribution in [3.8, 4) is 0 Å². The molecular weight excluding hydrogens is 358 g/mol. The quantitative estimate of drug-likeness (QED) is 0.712. The van der Waals surface area contributed by atoms with Crippen LogP contribution in [0.3, 0.4) is 0 Å². The van der Waals surface area contributed by atoms with Crippen molar-refractivity contribution < 1.29 is 4.79 Å². The second kappa shape index (κ2) is 10.1. The molecule has 0 radical (unpaired) electrons. The first kappa shape index (κ1) is 22.4. The van der Waals surface area contributed by atoms with E-state index >= 15 is 0 Å². The molecule has 4 nitrogen and oxygen atoms in total. The summed E-state index contributed by atoms with van der Waals surface area (Å²) in [6, 6.07) is 0. The van der Waals surface area contributed by atoms with Crippen LogP contribution in [0.1, 0.15) is 109 Å². The third kappa shape index (κ3) is 5.87. The Morgan fingerprint density at radius 3 is 2.00 bits per heavy atom. The highest BCUT2D eigenvalue weighted by Crippen LogP contribution is 2.52. The molecule has 1 saturated heterocycles. The van der Waals surface area contributed by atoms with Crippen molar-refractivity contribution >= 4 is 5.78 Å². The van der Waals surface area contributed by atoms with Crippen LogP contribution in [0.4, 0.5) is 0 Å². The van der Waals surface area contributed by atoms with Crippen LogP contribution in [0.25, 0.3) is 0 Å².